The molecule has 0 fully saturated rings. The predicted molar refractivity (Wildman–Crippen MR) is 88.0 cm³/mol. The van der Waals surface area contributed by atoms with Gasteiger partial charge in [-0.3, -0.25) is 0 Å². The SMILES string of the molecule is COC(=O)c1ccc([C@H]2C=C(C(=O)O)O[C@@H](OCCCCO)C2)cc1. The number of benzene rings is 1. The van der Waals surface area contributed by atoms with Crippen molar-refractivity contribution >= 4 is 11.9 Å². The van der Waals surface area contributed by atoms with Crippen molar-refractivity contribution in [2.45, 2.75) is 31.5 Å². The Morgan fingerprint density at radius 1 is 1.24 bits per heavy atom. The number of carbonyl (C=O) groups is 2. The molecule has 0 aromatic heterocycles. The Kier molecular flexibility index (Phi) is 6.97. The molecule has 2 rings (SSSR count). The minimum atomic E-state index is -1.15. The highest BCUT2D eigenvalue weighted by atomic mass is 16.7. The van der Waals surface area contributed by atoms with E-state index in [9.17, 15) is 14.7 Å². The van der Waals surface area contributed by atoms with Gasteiger partial charge in [0, 0.05) is 18.9 Å². The molecule has 2 atom stereocenters. The smallest absolute Gasteiger partial charge is 0.370 e. The van der Waals surface area contributed by atoms with Crippen LogP contribution in [0.25, 0.3) is 0 Å². The molecule has 0 saturated carbocycles. The second-order valence-corrected chi connectivity index (χ2v) is 5.64. The summed E-state index contributed by atoms with van der Waals surface area (Å²) in [4.78, 5) is 22.8. The van der Waals surface area contributed by atoms with Crippen molar-refractivity contribution in [3.8, 4) is 0 Å². The molecule has 1 aliphatic heterocycles. The lowest BCUT2D eigenvalue weighted by atomic mass is 9.92. The van der Waals surface area contributed by atoms with Gasteiger partial charge in [0.1, 0.15) is 0 Å². The summed E-state index contributed by atoms with van der Waals surface area (Å²) in [6, 6.07) is 6.81. The maximum atomic E-state index is 11.5. The highest BCUT2D eigenvalue weighted by molar-refractivity contribution is 5.89. The Morgan fingerprint density at radius 2 is 1.96 bits per heavy atom. The van der Waals surface area contributed by atoms with E-state index in [-0.39, 0.29) is 18.3 Å². The number of aliphatic hydroxyl groups is 1. The minimum absolute atomic E-state index is 0.0876. The molecule has 1 heterocycles. The Hall–Kier alpha value is -2.38. The van der Waals surface area contributed by atoms with Gasteiger partial charge in [-0.2, -0.15) is 0 Å². The number of esters is 1. The van der Waals surface area contributed by atoms with Crippen LogP contribution in [0.3, 0.4) is 0 Å². The molecular formula is C18H22O7. The number of aliphatic hydroxyl groups excluding tert-OH is 1. The van der Waals surface area contributed by atoms with Gasteiger partial charge in [0.15, 0.2) is 0 Å². The van der Waals surface area contributed by atoms with Gasteiger partial charge in [-0.15, -0.1) is 0 Å². The van der Waals surface area contributed by atoms with Crippen LogP contribution in [0.5, 0.6) is 0 Å². The quantitative estimate of drug-likeness (QED) is 0.546. The Labute approximate surface area is 145 Å². The zero-order valence-electron chi connectivity index (χ0n) is 14.0. The number of hydrogen-bond acceptors (Lipinski definition) is 6. The first-order valence-corrected chi connectivity index (χ1v) is 8.07. The van der Waals surface area contributed by atoms with Crippen LogP contribution in [-0.2, 0) is 19.0 Å². The van der Waals surface area contributed by atoms with Gasteiger partial charge in [0.05, 0.1) is 19.3 Å². The van der Waals surface area contributed by atoms with Crippen LogP contribution in [0.1, 0.15) is 41.1 Å². The number of hydrogen-bond donors (Lipinski definition) is 2. The molecule has 1 aliphatic rings. The van der Waals surface area contributed by atoms with Crippen molar-refractivity contribution in [3.05, 3.63) is 47.2 Å². The Bertz CT molecular complexity index is 621. The second kappa shape index (κ2) is 9.19. The number of methoxy groups -OCH3 is 1. The van der Waals surface area contributed by atoms with Gasteiger partial charge in [-0.25, -0.2) is 9.59 Å². The van der Waals surface area contributed by atoms with Crippen LogP contribution < -0.4 is 0 Å². The molecule has 0 bridgehead atoms. The van der Waals surface area contributed by atoms with E-state index in [2.05, 4.69) is 4.74 Å². The third-order valence-electron chi connectivity index (χ3n) is 3.88. The summed E-state index contributed by atoms with van der Waals surface area (Å²) in [5, 5.41) is 18.0. The first-order chi connectivity index (χ1) is 12.0. The van der Waals surface area contributed by atoms with Gasteiger partial charge < -0.3 is 24.4 Å². The standard InChI is InChI=1S/C18H22O7/c1-23-18(22)13-6-4-12(5-7-13)14-10-15(17(20)21)25-16(11-14)24-9-3-2-8-19/h4-7,10,14,16,19H,2-3,8-9,11H2,1H3,(H,20,21)/t14-,16+/m0/s1. The summed E-state index contributed by atoms with van der Waals surface area (Å²) in [5.74, 6) is -1.93. The maximum Gasteiger partial charge on any atom is 0.370 e. The molecule has 0 unspecified atom stereocenters. The van der Waals surface area contributed by atoms with Crippen LogP contribution in [-0.4, -0.2) is 48.8 Å². The van der Waals surface area contributed by atoms with Crippen molar-refractivity contribution < 1.29 is 34.0 Å². The number of ether oxygens (including phenoxy) is 3. The van der Waals surface area contributed by atoms with Gasteiger partial charge in [-0.05, 0) is 36.6 Å². The topological polar surface area (TPSA) is 102 Å². The Balaban J connectivity index is 2.10. The lowest BCUT2D eigenvalue weighted by Gasteiger charge is -2.28. The van der Waals surface area contributed by atoms with Gasteiger partial charge in [0.2, 0.25) is 12.0 Å². The number of rotatable bonds is 8. The summed E-state index contributed by atoms with van der Waals surface area (Å²) in [5.41, 5.74) is 1.29. The van der Waals surface area contributed by atoms with Crippen molar-refractivity contribution in [2.24, 2.45) is 0 Å². The van der Waals surface area contributed by atoms with Crippen LogP contribution in [0, 0.1) is 0 Å². The second-order valence-electron chi connectivity index (χ2n) is 5.64. The monoisotopic (exact) mass is 350 g/mol. The fourth-order valence-corrected chi connectivity index (χ4v) is 2.56. The largest absolute Gasteiger partial charge is 0.475 e. The first kappa shape index (κ1) is 19.0. The number of allylic oxidation sites excluding steroid dienone is 1. The fourth-order valence-electron chi connectivity index (χ4n) is 2.56. The summed E-state index contributed by atoms with van der Waals surface area (Å²) >= 11 is 0. The van der Waals surface area contributed by atoms with Gasteiger partial charge >= 0.3 is 11.9 Å². The molecule has 0 amide bonds. The fraction of sp³-hybridized carbons (Fsp3) is 0.444. The molecular weight excluding hydrogens is 328 g/mol. The predicted octanol–water partition coefficient (Wildman–Crippen LogP) is 2.06. The molecule has 25 heavy (non-hydrogen) atoms. The summed E-state index contributed by atoms with van der Waals surface area (Å²) in [6.07, 6.45) is 2.63. The summed E-state index contributed by atoms with van der Waals surface area (Å²) < 4.78 is 15.6. The Morgan fingerprint density at radius 3 is 2.56 bits per heavy atom. The zero-order valence-corrected chi connectivity index (χ0v) is 14.0. The molecule has 7 nitrogen and oxygen atoms in total. The highest BCUT2D eigenvalue weighted by Gasteiger charge is 2.28. The molecule has 1 aromatic rings. The minimum Gasteiger partial charge on any atom is -0.475 e. The number of carboxylic acid groups (broad SMARTS) is 1. The number of aliphatic carboxylic acids is 1. The average Bonchev–Trinajstić information content (AvgIpc) is 2.64. The van der Waals surface area contributed by atoms with Crippen molar-refractivity contribution in [1.82, 2.24) is 0 Å². The maximum absolute atomic E-state index is 11.5. The normalized spacial score (nSPS) is 19.7. The zero-order chi connectivity index (χ0) is 18.2. The van der Waals surface area contributed by atoms with Gasteiger partial charge in [-0.1, -0.05) is 12.1 Å². The average molecular weight is 350 g/mol. The molecule has 2 N–H and O–H groups in total. The summed E-state index contributed by atoms with van der Waals surface area (Å²) in [7, 11) is 1.31. The first-order valence-electron chi connectivity index (χ1n) is 8.07. The number of carbonyl (C=O) groups excluding carboxylic acids is 1. The molecule has 136 valence electrons. The van der Waals surface area contributed by atoms with E-state index >= 15 is 0 Å². The summed E-state index contributed by atoms with van der Waals surface area (Å²) in [6.45, 7) is 0.469. The van der Waals surface area contributed by atoms with E-state index in [0.717, 1.165) is 5.56 Å². The molecule has 0 radical (unpaired) electrons. The van der Waals surface area contributed by atoms with Gasteiger partial charge in [0.25, 0.3) is 0 Å². The highest BCUT2D eigenvalue weighted by Crippen LogP contribution is 2.31. The molecule has 0 aliphatic carbocycles. The van der Waals surface area contributed by atoms with E-state index in [1.807, 2.05) is 0 Å². The lowest BCUT2D eigenvalue weighted by molar-refractivity contribution is -0.157. The van der Waals surface area contributed by atoms with Crippen LogP contribution in [0.4, 0.5) is 0 Å². The third-order valence-corrected chi connectivity index (χ3v) is 3.88. The van der Waals surface area contributed by atoms with E-state index in [0.29, 0.717) is 31.4 Å². The van der Waals surface area contributed by atoms with Crippen molar-refractivity contribution in [2.75, 3.05) is 20.3 Å². The van der Waals surface area contributed by atoms with E-state index < -0.39 is 18.2 Å². The molecule has 0 saturated heterocycles. The third kappa shape index (κ3) is 5.30. The number of unbranched alkanes of at least 4 members (excludes halogenated alkanes) is 1. The molecule has 7 heteroatoms. The van der Waals surface area contributed by atoms with Crippen LogP contribution in [0.2, 0.25) is 0 Å². The molecule has 1 aromatic carbocycles. The van der Waals surface area contributed by atoms with E-state index in [4.69, 9.17) is 14.6 Å². The van der Waals surface area contributed by atoms with Crippen molar-refractivity contribution in [3.63, 3.8) is 0 Å². The van der Waals surface area contributed by atoms with E-state index in [1.54, 1.807) is 30.3 Å². The van der Waals surface area contributed by atoms with Crippen LogP contribution >= 0.6 is 0 Å². The molecule has 0 spiro atoms. The van der Waals surface area contributed by atoms with E-state index in [1.165, 1.54) is 7.11 Å². The lowest BCUT2D eigenvalue weighted by Crippen LogP contribution is -2.27. The van der Waals surface area contributed by atoms with Crippen molar-refractivity contribution in [1.29, 1.82) is 0 Å². The number of carboxylic acids is 1. The van der Waals surface area contributed by atoms with Crippen LogP contribution in [0.15, 0.2) is 36.1 Å².